The summed E-state index contributed by atoms with van der Waals surface area (Å²) in [6.07, 6.45) is 0.407. The number of morpholine rings is 1. The molecule has 2 N–H and O–H groups in total. The van der Waals surface area contributed by atoms with Gasteiger partial charge in [-0.15, -0.1) is 0 Å². The average Bonchev–Trinajstić information content (AvgIpc) is 2.80. The van der Waals surface area contributed by atoms with E-state index in [1.54, 1.807) is 24.3 Å². The highest BCUT2D eigenvalue weighted by atomic mass is 32.2. The largest absolute Gasteiger partial charge is 0.379 e. The van der Waals surface area contributed by atoms with E-state index in [4.69, 9.17) is 4.74 Å². The molecule has 1 fully saturated rings. The lowest BCUT2D eigenvalue weighted by atomic mass is 10.0. The van der Waals surface area contributed by atoms with Crippen molar-refractivity contribution in [2.24, 2.45) is 5.92 Å². The Balaban J connectivity index is 1.73. The molecule has 1 aliphatic rings. The van der Waals surface area contributed by atoms with E-state index in [1.165, 1.54) is 0 Å². The topological polar surface area (TPSA) is 87.7 Å². The Bertz CT molecular complexity index is 988. The van der Waals surface area contributed by atoms with Crippen LogP contribution in [0.2, 0.25) is 0 Å². The summed E-state index contributed by atoms with van der Waals surface area (Å²) in [4.78, 5) is 15.6. The number of carbonyl (C=O) groups excluding carboxylic acids is 1. The van der Waals surface area contributed by atoms with E-state index in [-0.39, 0.29) is 22.8 Å². The van der Waals surface area contributed by atoms with Crippen molar-refractivity contribution < 1.29 is 17.9 Å². The lowest BCUT2D eigenvalue weighted by molar-refractivity contribution is -0.123. The summed E-state index contributed by atoms with van der Waals surface area (Å²) < 4.78 is 34.0. The number of hydrogen-bond donors (Lipinski definition) is 2. The van der Waals surface area contributed by atoms with Gasteiger partial charge in [-0.3, -0.25) is 9.69 Å². The molecule has 33 heavy (non-hydrogen) atoms. The highest BCUT2D eigenvalue weighted by Gasteiger charge is 2.28. The fraction of sp³-hybridized carbons (Fsp3) is 0.480. The second-order valence-electron chi connectivity index (χ2n) is 8.94. The van der Waals surface area contributed by atoms with E-state index >= 15 is 0 Å². The molecule has 1 aliphatic heterocycles. The van der Waals surface area contributed by atoms with Crippen LogP contribution in [-0.4, -0.2) is 58.1 Å². The maximum Gasteiger partial charge on any atom is 0.241 e. The van der Waals surface area contributed by atoms with Gasteiger partial charge in [-0.05, 0) is 37.0 Å². The Morgan fingerprint density at radius 2 is 1.67 bits per heavy atom. The van der Waals surface area contributed by atoms with Crippen molar-refractivity contribution in [3.05, 3.63) is 65.7 Å². The van der Waals surface area contributed by atoms with Gasteiger partial charge in [-0.25, -0.2) is 8.42 Å². The Morgan fingerprint density at radius 3 is 2.27 bits per heavy atom. The minimum atomic E-state index is -3.82. The molecular formula is C25H35N3O4S. The lowest BCUT2D eigenvalue weighted by Gasteiger charge is -2.35. The van der Waals surface area contributed by atoms with Crippen LogP contribution in [0, 0.1) is 12.8 Å². The average molecular weight is 474 g/mol. The van der Waals surface area contributed by atoms with Gasteiger partial charge in [0.1, 0.15) is 6.04 Å². The molecule has 1 amide bonds. The lowest BCUT2D eigenvalue weighted by Crippen LogP contribution is -2.50. The van der Waals surface area contributed by atoms with Gasteiger partial charge in [0, 0.05) is 19.6 Å². The van der Waals surface area contributed by atoms with E-state index in [0.717, 1.165) is 24.2 Å². The molecule has 8 heteroatoms. The molecule has 2 atom stereocenters. The molecule has 180 valence electrons. The van der Waals surface area contributed by atoms with Crippen LogP contribution in [0.1, 0.15) is 37.4 Å². The summed E-state index contributed by atoms with van der Waals surface area (Å²) in [5.41, 5.74) is 2.08. The molecule has 7 nitrogen and oxygen atoms in total. The molecule has 0 saturated carbocycles. The molecule has 0 aliphatic carbocycles. The number of carbonyl (C=O) groups is 1. The quantitative estimate of drug-likeness (QED) is 0.554. The summed E-state index contributed by atoms with van der Waals surface area (Å²) in [5.74, 6) is -0.167. The summed E-state index contributed by atoms with van der Waals surface area (Å²) >= 11 is 0. The number of amides is 1. The fourth-order valence-electron chi connectivity index (χ4n) is 4.00. The minimum Gasteiger partial charge on any atom is -0.379 e. The maximum atomic E-state index is 13.2. The third-order valence-electron chi connectivity index (χ3n) is 5.79. The number of hydrogen-bond acceptors (Lipinski definition) is 5. The maximum absolute atomic E-state index is 13.2. The number of nitrogens with one attached hydrogen (secondary N) is 2. The van der Waals surface area contributed by atoms with Gasteiger partial charge in [0.05, 0.1) is 24.2 Å². The standard InChI is InChI=1S/C25H35N3O4S/c1-19(2)17-23(27-33(30,31)22-11-9-20(3)10-12-22)25(29)26-18-24(21-7-5-4-6-8-21)28-13-15-32-16-14-28/h4-12,19,23-24,27H,13-18H2,1-3H3,(H,26,29). The van der Waals surface area contributed by atoms with Crippen LogP contribution >= 0.6 is 0 Å². The van der Waals surface area contributed by atoms with Gasteiger partial charge >= 0.3 is 0 Å². The first kappa shape index (κ1) is 25.4. The number of rotatable bonds is 10. The van der Waals surface area contributed by atoms with E-state index in [0.29, 0.717) is 26.2 Å². The zero-order chi connectivity index (χ0) is 23.8. The van der Waals surface area contributed by atoms with Crippen molar-refractivity contribution in [2.45, 2.75) is 44.2 Å². The molecule has 3 rings (SSSR count). The van der Waals surface area contributed by atoms with Crippen LogP contribution < -0.4 is 10.0 Å². The van der Waals surface area contributed by atoms with Gasteiger partial charge in [-0.1, -0.05) is 61.9 Å². The normalized spacial score (nSPS) is 17.0. The van der Waals surface area contributed by atoms with Crippen LogP contribution in [0.15, 0.2) is 59.5 Å². The molecule has 2 unspecified atom stereocenters. The van der Waals surface area contributed by atoms with Gasteiger partial charge in [0.15, 0.2) is 0 Å². The van der Waals surface area contributed by atoms with Crippen LogP contribution in [-0.2, 0) is 19.6 Å². The predicted octanol–water partition coefficient (Wildman–Crippen LogP) is 2.88. The second-order valence-corrected chi connectivity index (χ2v) is 10.7. The van der Waals surface area contributed by atoms with Crippen molar-refractivity contribution >= 4 is 15.9 Å². The summed E-state index contributed by atoms with van der Waals surface area (Å²) in [5, 5.41) is 3.02. The number of ether oxygens (including phenoxy) is 1. The van der Waals surface area contributed by atoms with Gasteiger partial charge in [0.2, 0.25) is 15.9 Å². The summed E-state index contributed by atoms with van der Waals surface area (Å²) in [6.45, 7) is 9.12. The number of aryl methyl sites for hydroxylation is 1. The Morgan fingerprint density at radius 1 is 1.03 bits per heavy atom. The minimum absolute atomic E-state index is 0.00699. The Labute approximate surface area is 197 Å². The number of nitrogens with zero attached hydrogens (tertiary/aromatic N) is 1. The molecule has 1 saturated heterocycles. The molecule has 0 aromatic heterocycles. The Hall–Kier alpha value is -2.26. The zero-order valence-corrected chi connectivity index (χ0v) is 20.5. The SMILES string of the molecule is Cc1ccc(S(=O)(=O)NC(CC(C)C)C(=O)NCC(c2ccccc2)N2CCOCC2)cc1. The van der Waals surface area contributed by atoms with E-state index < -0.39 is 16.1 Å². The van der Waals surface area contributed by atoms with Crippen LogP contribution in [0.25, 0.3) is 0 Å². The van der Waals surface area contributed by atoms with Crippen molar-refractivity contribution in [3.8, 4) is 0 Å². The van der Waals surface area contributed by atoms with Crippen molar-refractivity contribution in [2.75, 3.05) is 32.8 Å². The predicted molar refractivity (Wildman–Crippen MR) is 129 cm³/mol. The van der Waals surface area contributed by atoms with Crippen molar-refractivity contribution in [1.29, 1.82) is 0 Å². The first-order valence-electron chi connectivity index (χ1n) is 11.5. The van der Waals surface area contributed by atoms with Gasteiger partial charge in [0.25, 0.3) is 0 Å². The van der Waals surface area contributed by atoms with Gasteiger partial charge < -0.3 is 10.1 Å². The summed E-state index contributed by atoms with van der Waals surface area (Å²) in [7, 11) is -3.82. The first-order valence-corrected chi connectivity index (χ1v) is 13.0. The van der Waals surface area contributed by atoms with E-state index in [1.807, 2.05) is 39.0 Å². The second kappa shape index (κ2) is 11.7. The first-order chi connectivity index (χ1) is 15.8. The highest BCUT2D eigenvalue weighted by molar-refractivity contribution is 7.89. The zero-order valence-electron chi connectivity index (χ0n) is 19.7. The Kier molecular flexibility index (Phi) is 9.02. The van der Waals surface area contributed by atoms with Crippen molar-refractivity contribution in [3.63, 3.8) is 0 Å². The van der Waals surface area contributed by atoms with Gasteiger partial charge in [-0.2, -0.15) is 4.72 Å². The number of benzene rings is 2. The third kappa shape index (κ3) is 7.37. The molecule has 0 spiro atoms. The summed E-state index contributed by atoms with van der Waals surface area (Å²) in [6, 6.07) is 15.8. The molecule has 0 radical (unpaired) electrons. The molecular weight excluding hydrogens is 438 g/mol. The van der Waals surface area contributed by atoms with Crippen LogP contribution in [0.5, 0.6) is 0 Å². The molecule has 1 heterocycles. The van der Waals surface area contributed by atoms with Crippen molar-refractivity contribution in [1.82, 2.24) is 14.9 Å². The number of sulfonamides is 1. The molecule has 2 aromatic rings. The fourth-order valence-corrected chi connectivity index (χ4v) is 5.20. The monoisotopic (exact) mass is 473 g/mol. The van der Waals surface area contributed by atoms with E-state index in [2.05, 4.69) is 27.1 Å². The van der Waals surface area contributed by atoms with E-state index in [9.17, 15) is 13.2 Å². The smallest absolute Gasteiger partial charge is 0.241 e. The highest BCUT2D eigenvalue weighted by Crippen LogP contribution is 2.21. The van der Waals surface area contributed by atoms with Crippen LogP contribution in [0.4, 0.5) is 0 Å². The molecule has 2 aromatic carbocycles. The third-order valence-corrected chi connectivity index (χ3v) is 7.28. The van der Waals surface area contributed by atoms with Crippen LogP contribution in [0.3, 0.4) is 0 Å². The molecule has 0 bridgehead atoms.